The van der Waals surface area contributed by atoms with Crippen LogP contribution in [0.1, 0.15) is 5.56 Å². The van der Waals surface area contributed by atoms with E-state index in [1.807, 2.05) is 24.3 Å². The Labute approximate surface area is 104 Å². The fraction of sp³-hybridized carbons (Fsp3) is 0.0667. The molecule has 0 saturated carbocycles. The molecule has 0 amide bonds. The van der Waals surface area contributed by atoms with E-state index >= 15 is 0 Å². The Morgan fingerprint density at radius 3 is 2.61 bits per heavy atom. The monoisotopic (exact) mass is 241 g/mol. The summed E-state index contributed by atoms with van der Waals surface area (Å²) < 4.78 is 18.2. The molecule has 2 aromatic carbocycles. The lowest BCUT2D eigenvalue weighted by Gasteiger charge is -2.04. The highest BCUT2D eigenvalue weighted by atomic mass is 19.1. The summed E-state index contributed by atoms with van der Waals surface area (Å²) in [5.74, 6) is -0.227. The summed E-state index contributed by atoms with van der Waals surface area (Å²) in [5.41, 5.74) is 2.87. The molecule has 0 aliphatic carbocycles. The SMILES string of the molecule is Fc1ccc(NCc2coc3ccccc23)cc1. The van der Waals surface area contributed by atoms with Crippen molar-refractivity contribution in [3.05, 3.63) is 66.2 Å². The summed E-state index contributed by atoms with van der Waals surface area (Å²) in [6, 6.07) is 14.2. The van der Waals surface area contributed by atoms with Gasteiger partial charge in [0.1, 0.15) is 11.4 Å². The lowest BCUT2D eigenvalue weighted by Crippen LogP contribution is -1.98. The third kappa shape index (κ3) is 2.07. The number of hydrogen-bond acceptors (Lipinski definition) is 2. The molecule has 3 heteroatoms. The molecule has 0 fully saturated rings. The summed E-state index contributed by atoms with van der Waals surface area (Å²) >= 11 is 0. The third-order valence-electron chi connectivity index (χ3n) is 2.89. The molecule has 1 N–H and O–H groups in total. The van der Waals surface area contributed by atoms with Crippen molar-refractivity contribution in [2.24, 2.45) is 0 Å². The average molecular weight is 241 g/mol. The molecular formula is C15H12FNO. The van der Waals surface area contributed by atoms with E-state index in [9.17, 15) is 4.39 Å². The molecule has 0 atom stereocenters. The predicted octanol–water partition coefficient (Wildman–Crippen LogP) is 4.18. The van der Waals surface area contributed by atoms with Crippen LogP contribution < -0.4 is 5.32 Å². The number of hydrogen-bond donors (Lipinski definition) is 1. The fourth-order valence-corrected chi connectivity index (χ4v) is 1.93. The van der Waals surface area contributed by atoms with Crippen LogP contribution in [0.3, 0.4) is 0 Å². The highest BCUT2D eigenvalue weighted by molar-refractivity contribution is 5.81. The Hall–Kier alpha value is -2.29. The highest BCUT2D eigenvalue weighted by Crippen LogP contribution is 2.21. The van der Waals surface area contributed by atoms with Crippen LogP contribution in [0.2, 0.25) is 0 Å². The van der Waals surface area contributed by atoms with Crippen molar-refractivity contribution < 1.29 is 8.81 Å². The van der Waals surface area contributed by atoms with E-state index in [0.717, 1.165) is 22.2 Å². The molecule has 1 aromatic heterocycles. The number of anilines is 1. The van der Waals surface area contributed by atoms with Gasteiger partial charge in [-0.25, -0.2) is 4.39 Å². The van der Waals surface area contributed by atoms with Crippen molar-refractivity contribution >= 4 is 16.7 Å². The van der Waals surface area contributed by atoms with Crippen molar-refractivity contribution in [3.63, 3.8) is 0 Å². The van der Waals surface area contributed by atoms with Gasteiger partial charge in [-0.2, -0.15) is 0 Å². The molecule has 0 unspecified atom stereocenters. The molecule has 0 spiro atoms. The minimum Gasteiger partial charge on any atom is -0.464 e. The van der Waals surface area contributed by atoms with E-state index < -0.39 is 0 Å². The maximum atomic E-state index is 12.8. The summed E-state index contributed by atoms with van der Waals surface area (Å²) in [6.07, 6.45) is 1.75. The highest BCUT2D eigenvalue weighted by Gasteiger charge is 2.04. The minimum absolute atomic E-state index is 0.227. The quantitative estimate of drug-likeness (QED) is 0.744. The Balaban J connectivity index is 1.79. The summed E-state index contributed by atoms with van der Waals surface area (Å²) in [6.45, 7) is 0.655. The molecule has 0 saturated heterocycles. The van der Waals surface area contributed by atoms with Gasteiger partial charge < -0.3 is 9.73 Å². The number of benzene rings is 2. The molecular weight excluding hydrogens is 229 g/mol. The first-order chi connectivity index (χ1) is 8.83. The number of para-hydroxylation sites is 1. The van der Waals surface area contributed by atoms with Crippen molar-refractivity contribution in [2.45, 2.75) is 6.54 Å². The average Bonchev–Trinajstić information content (AvgIpc) is 2.82. The molecule has 3 rings (SSSR count). The molecule has 3 aromatic rings. The van der Waals surface area contributed by atoms with Gasteiger partial charge in [0.05, 0.1) is 6.26 Å². The molecule has 0 aliphatic rings. The molecule has 2 nitrogen and oxygen atoms in total. The van der Waals surface area contributed by atoms with Gasteiger partial charge in [-0.1, -0.05) is 18.2 Å². The Bertz CT molecular complexity index is 658. The van der Waals surface area contributed by atoms with Crippen molar-refractivity contribution in [1.82, 2.24) is 0 Å². The van der Waals surface area contributed by atoms with E-state index in [4.69, 9.17) is 4.42 Å². The molecule has 90 valence electrons. The van der Waals surface area contributed by atoms with Crippen LogP contribution in [0.25, 0.3) is 11.0 Å². The van der Waals surface area contributed by atoms with Crippen LogP contribution >= 0.6 is 0 Å². The Morgan fingerprint density at radius 2 is 1.78 bits per heavy atom. The maximum absolute atomic E-state index is 12.8. The number of halogens is 1. The van der Waals surface area contributed by atoms with Crippen LogP contribution in [-0.4, -0.2) is 0 Å². The normalized spacial score (nSPS) is 10.7. The van der Waals surface area contributed by atoms with Gasteiger partial charge in [0.25, 0.3) is 0 Å². The van der Waals surface area contributed by atoms with Crippen molar-refractivity contribution in [1.29, 1.82) is 0 Å². The second kappa shape index (κ2) is 4.53. The Morgan fingerprint density at radius 1 is 1.00 bits per heavy atom. The van der Waals surface area contributed by atoms with Crippen LogP contribution in [0.4, 0.5) is 10.1 Å². The first-order valence-corrected chi connectivity index (χ1v) is 5.77. The maximum Gasteiger partial charge on any atom is 0.134 e. The molecule has 0 radical (unpaired) electrons. The number of rotatable bonds is 3. The van der Waals surface area contributed by atoms with Crippen LogP contribution in [0.5, 0.6) is 0 Å². The van der Waals surface area contributed by atoms with E-state index in [-0.39, 0.29) is 5.82 Å². The first kappa shape index (κ1) is 10.8. The summed E-state index contributed by atoms with van der Waals surface area (Å²) in [7, 11) is 0. The van der Waals surface area contributed by atoms with Gasteiger partial charge in [-0.05, 0) is 30.3 Å². The van der Waals surface area contributed by atoms with E-state index in [1.165, 1.54) is 12.1 Å². The second-order valence-electron chi connectivity index (χ2n) is 4.12. The number of furan rings is 1. The van der Waals surface area contributed by atoms with Gasteiger partial charge in [0.2, 0.25) is 0 Å². The first-order valence-electron chi connectivity index (χ1n) is 5.77. The topological polar surface area (TPSA) is 25.2 Å². The van der Waals surface area contributed by atoms with Gasteiger partial charge >= 0.3 is 0 Å². The van der Waals surface area contributed by atoms with Crippen LogP contribution in [0.15, 0.2) is 59.2 Å². The standard InChI is InChI=1S/C15H12FNO/c16-12-5-7-13(8-6-12)17-9-11-10-18-15-4-2-1-3-14(11)15/h1-8,10,17H,9H2. The smallest absolute Gasteiger partial charge is 0.134 e. The van der Waals surface area contributed by atoms with E-state index in [1.54, 1.807) is 18.4 Å². The van der Waals surface area contributed by atoms with Gasteiger partial charge in [-0.15, -0.1) is 0 Å². The molecule has 18 heavy (non-hydrogen) atoms. The predicted molar refractivity (Wildman–Crippen MR) is 69.9 cm³/mol. The lowest BCUT2D eigenvalue weighted by atomic mass is 10.2. The fourth-order valence-electron chi connectivity index (χ4n) is 1.93. The van der Waals surface area contributed by atoms with Gasteiger partial charge in [0.15, 0.2) is 0 Å². The van der Waals surface area contributed by atoms with Crippen molar-refractivity contribution in [2.75, 3.05) is 5.32 Å². The minimum atomic E-state index is -0.227. The number of nitrogens with one attached hydrogen (secondary N) is 1. The third-order valence-corrected chi connectivity index (χ3v) is 2.89. The zero-order valence-corrected chi connectivity index (χ0v) is 9.69. The van der Waals surface area contributed by atoms with Crippen molar-refractivity contribution in [3.8, 4) is 0 Å². The van der Waals surface area contributed by atoms with Gasteiger partial charge in [-0.3, -0.25) is 0 Å². The summed E-state index contributed by atoms with van der Waals surface area (Å²) in [5, 5.41) is 4.34. The summed E-state index contributed by atoms with van der Waals surface area (Å²) in [4.78, 5) is 0. The van der Waals surface area contributed by atoms with E-state index in [2.05, 4.69) is 5.32 Å². The molecule has 0 bridgehead atoms. The van der Waals surface area contributed by atoms with Gasteiger partial charge in [0, 0.05) is 23.2 Å². The Kier molecular flexibility index (Phi) is 2.73. The van der Waals surface area contributed by atoms with E-state index in [0.29, 0.717) is 6.54 Å². The number of fused-ring (bicyclic) bond motifs is 1. The largest absolute Gasteiger partial charge is 0.464 e. The van der Waals surface area contributed by atoms with Crippen LogP contribution in [-0.2, 0) is 6.54 Å². The molecule has 0 aliphatic heterocycles. The zero-order chi connectivity index (χ0) is 12.4. The molecule has 1 heterocycles. The lowest BCUT2D eigenvalue weighted by molar-refractivity contribution is 0.611. The van der Waals surface area contributed by atoms with Crippen LogP contribution in [0, 0.1) is 5.82 Å². The zero-order valence-electron chi connectivity index (χ0n) is 9.69. The second-order valence-corrected chi connectivity index (χ2v) is 4.12.